The lowest BCUT2D eigenvalue weighted by molar-refractivity contribution is 0.154. The van der Waals surface area contributed by atoms with Gasteiger partial charge in [-0.15, -0.1) is 0 Å². The number of fused-ring (bicyclic) bond motifs is 2. The lowest BCUT2D eigenvalue weighted by Crippen LogP contribution is -2.32. The molecule has 1 aliphatic rings. The van der Waals surface area contributed by atoms with Crippen molar-refractivity contribution in [2.24, 2.45) is 0 Å². The van der Waals surface area contributed by atoms with Crippen LogP contribution in [0.25, 0.3) is 11.0 Å². The summed E-state index contributed by atoms with van der Waals surface area (Å²) in [6.45, 7) is 8.44. The smallest absolute Gasteiger partial charge is 0.231 e. The van der Waals surface area contributed by atoms with Crippen molar-refractivity contribution in [1.82, 2.24) is 14.0 Å². The zero-order valence-electron chi connectivity index (χ0n) is 17.0. The highest BCUT2D eigenvalue weighted by Crippen LogP contribution is 2.34. The molecule has 0 radical (unpaired) electrons. The van der Waals surface area contributed by atoms with E-state index >= 15 is 0 Å². The van der Waals surface area contributed by atoms with Crippen LogP contribution in [0, 0.1) is 5.41 Å². The van der Waals surface area contributed by atoms with Crippen LogP contribution < -0.4 is 15.1 Å². The number of hydrogen-bond donors (Lipinski definition) is 2. The van der Waals surface area contributed by atoms with Gasteiger partial charge in [-0.3, -0.25) is 5.41 Å². The summed E-state index contributed by atoms with van der Waals surface area (Å²) in [7, 11) is 0. The third-order valence-corrected chi connectivity index (χ3v) is 5.65. The highest BCUT2D eigenvalue weighted by atomic mass is 16.7. The summed E-state index contributed by atoms with van der Waals surface area (Å²) in [5, 5.41) is 19.6. The summed E-state index contributed by atoms with van der Waals surface area (Å²) in [4.78, 5) is 2.35. The van der Waals surface area contributed by atoms with E-state index in [1.807, 2.05) is 51.6 Å². The number of nitrogens with one attached hydrogen (secondary N) is 1. The normalized spacial score (nSPS) is 14.1. The first-order valence-electron chi connectivity index (χ1n) is 10.1. The quantitative estimate of drug-likeness (QED) is 0.614. The number of hydrogen-bond acceptors (Lipinski definition) is 5. The molecule has 0 amide bonds. The molecule has 0 bridgehead atoms. The molecular formula is C22H28N4O3. The number of benzene rings is 2. The molecule has 4 rings (SSSR count). The molecule has 0 fully saturated rings. The fourth-order valence-electron chi connectivity index (χ4n) is 3.89. The van der Waals surface area contributed by atoms with Crippen molar-refractivity contribution in [2.45, 2.75) is 33.0 Å². The zero-order chi connectivity index (χ0) is 20.4. The summed E-state index contributed by atoms with van der Waals surface area (Å²) < 4.78 is 14.7. The Morgan fingerprint density at radius 1 is 1.03 bits per heavy atom. The molecule has 1 unspecified atom stereocenters. The molecule has 1 atom stereocenters. The topological polar surface area (TPSA) is 75.6 Å². The number of imidazole rings is 1. The Labute approximate surface area is 170 Å². The second-order valence-corrected chi connectivity index (χ2v) is 7.23. The van der Waals surface area contributed by atoms with E-state index in [0.29, 0.717) is 23.7 Å². The van der Waals surface area contributed by atoms with Gasteiger partial charge in [-0.25, -0.2) is 0 Å². The van der Waals surface area contributed by atoms with Gasteiger partial charge in [-0.05, 0) is 42.9 Å². The van der Waals surface area contributed by atoms with Crippen LogP contribution in [0.3, 0.4) is 0 Å². The van der Waals surface area contributed by atoms with Crippen LogP contribution in [0.4, 0.5) is 0 Å². The maximum absolute atomic E-state index is 10.9. The fourth-order valence-corrected chi connectivity index (χ4v) is 3.89. The van der Waals surface area contributed by atoms with Crippen molar-refractivity contribution in [1.29, 1.82) is 5.41 Å². The number of likely N-dealkylation sites (N-methyl/N-ethyl adjacent to an activating group) is 1. The van der Waals surface area contributed by atoms with E-state index in [-0.39, 0.29) is 6.79 Å². The maximum atomic E-state index is 10.9. The van der Waals surface area contributed by atoms with Crippen LogP contribution >= 0.6 is 0 Å². The third kappa shape index (κ3) is 3.75. The Kier molecular flexibility index (Phi) is 5.60. The van der Waals surface area contributed by atoms with Gasteiger partial charge >= 0.3 is 0 Å². The Bertz CT molecular complexity index is 1050. The number of aliphatic hydroxyl groups excluding tert-OH is 1. The molecule has 3 aromatic rings. The maximum Gasteiger partial charge on any atom is 0.231 e. The van der Waals surface area contributed by atoms with Crippen molar-refractivity contribution in [3.63, 3.8) is 0 Å². The van der Waals surface area contributed by atoms with E-state index in [9.17, 15) is 5.11 Å². The Morgan fingerprint density at radius 3 is 2.45 bits per heavy atom. The minimum atomic E-state index is -0.749. The molecule has 7 nitrogen and oxygen atoms in total. The number of rotatable bonds is 8. The Morgan fingerprint density at radius 2 is 1.72 bits per heavy atom. The summed E-state index contributed by atoms with van der Waals surface area (Å²) in [6, 6.07) is 13.5. The molecule has 0 spiro atoms. The van der Waals surface area contributed by atoms with E-state index in [4.69, 9.17) is 14.9 Å². The van der Waals surface area contributed by atoms with Crippen LogP contribution in [0.1, 0.15) is 25.5 Å². The number of nitrogens with zero attached hydrogens (tertiary/aromatic N) is 3. The van der Waals surface area contributed by atoms with Gasteiger partial charge in [0.15, 0.2) is 11.5 Å². The molecular weight excluding hydrogens is 368 g/mol. The van der Waals surface area contributed by atoms with Crippen molar-refractivity contribution < 1.29 is 14.6 Å². The van der Waals surface area contributed by atoms with Gasteiger partial charge in [0, 0.05) is 13.1 Å². The van der Waals surface area contributed by atoms with Gasteiger partial charge in [-0.1, -0.05) is 32.0 Å². The number of aliphatic hydroxyl groups is 1. The summed E-state index contributed by atoms with van der Waals surface area (Å²) in [6.07, 6.45) is -0.749. The first kappa shape index (κ1) is 19.5. The summed E-state index contributed by atoms with van der Waals surface area (Å²) >= 11 is 0. The lowest BCUT2D eigenvalue weighted by atomic mass is 10.1. The van der Waals surface area contributed by atoms with Gasteiger partial charge in [0.05, 0.1) is 23.7 Å². The van der Waals surface area contributed by atoms with E-state index in [1.165, 1.54) is 0 Å². The highest BCUT2D eigenvalue weighted by molar-refractivity contribution is 5.75. The van der Waals surface area contributed by atoms with Crippen LogP contribution in [-0.4, -0.2) is 45.6 Å². The average molecular weight is 396 g/mol. The Hall–Kier alpha value is -2.77. The SMILES string of the molecule is CCN(CC)CCn1c(=N)n(CC(O)c2ccc3c(c2)OCO3)c2ccccc21. The largest absolute Gasteiger partial charge is 0.454 e. The van der Waals surface area contributed by atoms with Gasteiger partial charge in [-0.2, -0.15) is 0 Å². The molecule has 7 heteroatoms. The van der Waals surface area contributed by atoms with Gasteiger partial charge in [0.25, 0.3) is 0 Å². The Balaban J connectivity index is 1.63. The number of para-hydroxylation sites is 2. The first-order valence-corrected chi connectivity index (χ1v) is 10.1. The standard InChI is InChI=1S/C22H28N4O3/c1-3-24(4-2)11-12-25-17-7-5-6-8-18(17)26(22(25)23)14-19(27)16-9-10-20-21(13-16)29-15-28-20/h5-10,13,19,23,27H,3-4,11-12,14-15H2,1-2H3. The summed E-state index contributed by atoms with van der Waals surface area (Å²) in [5.41, 5.74) is 3.12. The molecule has 29 heavy (non-hydrogen) atoms. The lowest BCUT2D eigenvalue weighted by Gasteiger charge is -2.18. The molecule has 1 aromatic heterocycles. The molecule has 0 aliphatic carbocycles. The van der Waals surface area contributed by atoms with Crippen LogP contribution in [0.15, 0.2) is 42.5 Å². The van der Waals surface area contributed by atoms with Gasteiger partial charge in [0.2, 0.25) is 12.4 Å². The van der Waals surface area contributed by atoms with Crippen molar-refractivity contribution in [2.75, 3.05) is 26.4 Å². The second kappa shape index (κ2) is 8.31. The van der Waals surface area contributed by atoms with E-state index in [1.54, 1.807) is 0 Å². The molecule has 0 saturated carbocycles. The molecule has 2 N–H and O–H groups in total. The predicted molar refractivity (Wildman–Crippen MR) is 111 cm³/mol. The van der Waals surface area contributed by atoms with E-state index in [0.717, 1.165) is 42.8 Å². The van der Waals surface area contributed by atoms with Gasteiger partial charge < -0.3 is 28.6 Å². The van der Waals surface area contributed by atoms with Crippen LogP contribution in [-0.2, 0) is 13.1 Å². The van der Waals surface area contributed by atoms with Crippen molar-refractivity contribution in [3.05, 3.63) is 53.6 Å². The summed E-state index contributed by atoms with van der Waals surface area (Å²) in [5.74, 6) is 1.35. The second-order valence-electron chi connectivity index (χ2n) is 7.23. The minimum Gasteiger partial charge on any atom is -0.454 e. The number of ether oxygens (including phenoxy) is 2. The van der Waals surface area contributed by atoms with Crippen molar-refractivity contribution >= 4 is 11.0 Å². The van der Waals surface area contributed by atoms with Crippen LogP contribution in [0.5, 0.6) is 11.5 Å². The average Bonchev–Trinajstić information content (AvgIpc) is 3.32. The van der Waals surface area contributed by atoms with Crippen molar-refractivity contribution in [3.8, 4) is 11.5 Å². The molecule has 1 aliphatic heterocycles. The molecule has 2 heterocycles. The van der Waals surface area contributed by atoms with E-state index in [2.05, 4.69) is 18.7 Å². The van der Waals surface area contributed by atoms with Crippen LogP contribution in [0.2, 0.25) is 0 Å². The monoisotopic (exact) mass is 396 g/mol. The predicted octanol–water partition coefficient (Wildman–Crippen LogP) is 2.73. The molecule has 2 aromatic carbocycles. The molecule has 154 valence electrons. The van der Waals surface area contributed by atoms with Gasteiger partial charge in [0.1, 0.15) is 0 Å². The van der Waals surface area contributed by atoms with E-state index < -0.39 is 6.10 Å². The third-order valence-electron chi connectivity index (χ3n) is 5.65. The number of aromatic nitrogens is 2. The zero-order valence-corrected chi connectivity index (χ0v) is 17.0. The minimum absolute atomic E-state index is 0.209. The molecule has 0 saturated heterocycles. The first-order chi connectivity index (χ1) is 14.1. The fraction of sp³-hybridized carbons (Fsp3) is 0.409. The highest BCUT2D eigenvalue weighted by Gasteiger charge is 2.19.